The van der Waals surface area contributed by atoms with E-state index in [1.807, 2.05) is 26.0 Å². The summed E-state index contributed by atoms with van der Waals surface area (Å²) in [5.41, 5.74) is 1.40. The van der Waals surface area contributed by atoms with Gasteiger partial charge in [0.25, 0.3) is 5.91 Å². The number of carbonyl (C=O) groups is 2. The number of amides is 2. The summed E-state index contributed by atoms with van der Waals surface area (Å²) in [5.74, 6) is 0.748. The highest BCUT2D eigenvalue weighted by Gasteiger charge is 2.58. The lowest BCUT2D eigenvalue weighted by Gasteiger charge is -2.29. The van der Waals surface area contributed by atoms with E-state index < -0.39 is 6.04 Å². The smallest absolute Gasteiger partial charge is 0.260 e. The summed E-state index contributed by atoms with van der Waals surface area (Å²) < 4.78 is 10.4. The number of carbonyl (C=O) groups excluding carboxylic acids is 2. The summed E-state index contributed by atoms with van der Waals surface area (Å²) in [6, 6.07) is 3.49. The number of methoxy groups -OCH3 is 2. The topological polar surface area (TPSA) is 67.9 Å². The van der Waals surface area contributed by atoms with Gasteiger partial charge in [-0.3, -0.25) is 9.59 Å². The zero-order valence-electron chi connectivity index (χ0n) is 14.8. The first-order chi connectivity index (χ1) is 11.9. The normalized spacial score (nSPS) is 26.2. The number of nitrogens with zero attached hydrogens (tertiary/aromatic N) is 1. The number of hydrogen-bond acceptors (Lipinski definition) is 5. The molecule has 7 heteroatoms. The van der Waals surface area contributed by atoms with Crippen LogP contribution < -0.4 is 14.8 Å². The summed E-state index contributed by atoms with van der Waals surface area (Å²) >= 11 is 1.65. The van der Waals surface area contributed by atoms with Gasteiger partial charge < -0.3 is 19.7 Å². The summed E-state index contributed by atoms with van der Waals surface area (Å²) in [4.78, 5) is 27.8. The predicted octanol–water partition coefficient (Wildman–Crippen LogP) is 2.33. The first kappa shape index (κ1) is 16.6. The van der Waals surface area contributed by atoms with E-state index in [2.05, 4.69) is 5.32 Å². The standard InChI is InChI=1S/C18H22N2O4S/c1-18(2)14(15(21)19-9-5-6-9)20-16(22)12-10(17(20)25-18)7-8-11(23-3)13(12)24-4/h7-9,14,17H,5-6H2,1-4H3,(H,19,21)/t14-,17+/m1/s1. The molecule has 0 radical (unpaired) electrons. The Balaban J connectivity index is 1.76. The van der Waals surface area contributed by atoms with E-state index in [9.17, 15) is 9.59 Å². The first-order valence-corrected chi connectivity index (χ1v) is 9.32. The Labute approximate surface area is 151 Å². The highest BCUT2D eigenvalue weighted by atomic mass is 32.2. The number of rotatable bonds is 4. The molecule has 2 atom stereocenters. The first-order valence-electron chi connectivity index (χ1n) is 8.44. The number of hydrogen-bond donors (Lipinski definition) is 1. The van der Waals surface area contributed by atoms with Crippen molar-refractivity contribution in [2.75, 3.05) is 14.2 Å². The molecule has 2 heterocycles. The van der Waals surface area contributed by atoms with Crippen LogP contribution in [0.25, 0.3) is 0 Å². The average molecular weight is 362 g/mol. The largest absolute Gasteiger partial charge is 0.493 e. The van der Waals surface area contributed by atoms with Gasteiger partial charge in [0.2, 0.25) is 5.91 Å². The second-order valence-corrected chi connectivity index (χ2v) is 8.97. The second kappa shape index (κ2) is 5.56. The van der Waals surface area contributed by atoms with Gasteiger partial charge in [0.05, 0.1) is 19.8 Å². The highest BCUT2D eigenvalue weighted by Crippen LogP contribution is 2.58. The molecule has 2 amide bonds. The fourth-order valence-electron chi connectivity index (χ4n) is 3.76. The summed E-state index contributed by atoms with van der Waals surface area (Å²) in [7, 11) is 3.08. The molecule has 2 fully saturated rings. The van der Waals surface area contributed by atoms with Crippen LogP contribution >= 0.6 is 11.8 Å². The Morgan fingerprint density at radius 1 is 1.28 bits per heavy atom. The molecule has 3 aliphatic rings. The lowest BCUT2D eigenvalue weighted by atomic mass is 10.0. The summed E-state index contributed by atoms with van der Waals surface area (Å²) in [5, 5.41) is 2.89. The maximum Gasteiger partial charge on any atom is 0.260 e. The monoisotopic (exact) mass is 362 g/mol. The molecular weight excluding hydrogens is 340 g/mol. The van der Waals surface area contributed by atoms with Gasteiger partial charge in [-0.2, -0.15) is 0 Å². The maximum atomic E-state index is 13.2. The molecular formula is C18H22N2O4S. The number of nitrogens with one attached hydrogen (secondary N) is 1. The SMILES string of the molecule is COc1ccc2c(c1OC)C(=O)N1[C@H]2SC(C)(C)[C@H]1C(=O)NC1CC1. The molecule has 0 bridgehead atoms. The predicted molar refractivity (Wildman–Crippen MR) is 95.1 cm³/mol. The van der Waals surface area contributed by atoms with Crippen LogP contribution in [0.15, 0.2) is 12.1 Å². The Kier molecular flexibility index (Phi) is 3.68. The van der Waals surface area contributed by atoms with Gasteiger partial charge in [0.1, 0.15) is 11.4 Å². The average Bonchev–Trinajstić information content (AvgIpc) is 3.28. The third-order valence-corrected chi connectivity index (χ3v) is 6.60. The van der Waals surface area contributed by atoms with Gasteiger partial charge >= 0.3 is 0 Å². The molecule has 0 aromatic heterocycles. The van der Waals surface area contributed by atoms with Crippen molar-refractivity contribution in [3.05, 3.63) is 23.3 Å². The molecule has 1 saturated carbocycles. The van der Waals surface area contributed by atoms with Crippen LogP contribution in [0.2, 0.25) is 0 Å². The van der Waals surface area contributed by atoms with E-state index in [1.165, 1.54) is 7.11 Å². The second-order valence-electron chi connectivity index (χ2n) is 7.24. The molecule has 25 heavy (non-hydrogen) atoms. The van der Waals surface area contributed by atoms with Crippen LogP contribution in [0.3, 0.4) is 0 Å². The van der Waals surface area contributed by atoms with Gasteiger partial charge in [-0.25, -0.2) is 0 Å². The zero-order valence-corrected chi connectivity index (χ0v) is 15.6. The van der Waals surface area contributed by atoms with Crippen LogP contribution in [-0.4, -0.2) is 47.8 Å². The van der Waals surface area contributed by atoms with Crippen molar-refractivity contribution in [3.8, 4) is 11.5 Å². The van der Waals surface area contributed by atoms with Crippen LogP contribution in [0, 0.1) is 0 Å². The minimum atomic E-state index is -0.501. The quantitative estimate of drug-likeness (QED) is 0.890. The van der Waals surface area contributed by atoms with Crippen molar-refractivity contribution in [1.29, 1.82) is 0 Å². The van der Waals surface area contributed by atoms with Crippen LogP contribution in [0.4, 0.5) is 0 Å². The van der Waals surface area contributed by atoms with Gasteiger partial charge in [0.15, 0.2) is 11.5 Å². The van der Waals surface area contributed by atoms with Crippen LogP contribution in [0.5, 0.6) is 11.5 Å². The molecule has 1 saturated heterocycles. The number of benzene rings is 1. The van der Waals surface area contributed by atoms with Gasteiger partial charge in [-0.15, -0.1) is 11.8 Å². The molecule has 1 aromatic carbocycles. The molecule has 1 N–H and O–H groups in total. The Hall–Kier alpha value is -1.89. The van der Waals surface area contributed by atoms with E-state index in [0.29, 0.717) is 17.1 Å². The number of fused-ring (bicyclic) bond motifs is 3. The molecule has 0 spiro atoms. The Morgan fingerprint density at radius 3 is 2.60 bits per heavy atom. The minimum Gasteiger partial charge on any atom is -0.493 e. The molecule has 4 rings (SSSR count). The Bertz CT molecular complexity index is 760. The third kappa shape index (κ3) is 2.39. The van der Waals surface area contributed by atoms with Crippen molar-refractivity contribution >= 4 is 23.6 Å². The molecule has 0 unspecified atom stereocenters. The van der Waals surface area contributed by atoms with E-state index in [4.69, 9.17) is 9.47 Å². The van der Waals surface area contributed by atoms with Gasteiger partial charge in [0, 0.05) is 16.4 Å². The van der Waals surface area contributed by atoms with Crippen molar-refractivity contribution in [2.45, 2.75) is 48.9 Å². The Morgan fingerprint density at radius 2 is 2.00 bits per heavy atom. The molecule has 1 aliphatic carbocycles. The summed E-state index contributed by atoms with van der Waals surface area (Å²) in [6.45, 7) is 4.06. The highest BCUT2D eigenvalue weighted by molar-refractivity contribution is 8.01. The van der Waals surface area contributed by atoms with E-state index >= 15 is 0 Å². The van der Waals surface area contributed by atoms with Crippen molar-refractivity contribution in [1.82, 2.24) is 10.2 Å². The van der Waals surface area contributed by atoms with E-state index in [1.54, 1.807) is 23.8 Å². The maximum absolute atomic E-state index is 13.2. The van der Waals surface area contributed by atoms with Crippen molar-refractivity contribution in [3.63, 3.8) is 0 Å². The van der Waals surface area contributed by atoms with Gasteiger partial charge in [-0.1, -0.05) is 6.07 Å². The van der Waals surface area contributed by atoms with Crippen LogP contribution in [0.1, 0.15) is 48.0 Å². The molecule has 1 aromatic rings. The van der Waals surface area contributed by atoms with E-state index in [-0.39, 0.29) is 28.0 Å². The lowest BCUT2D eigenvalue weighted by Crippen LogP contribution is -2.52. The van der Waals surface area contributed by atoms with Crippen LogP contribution in [-0.2, 0) is 4.79 Å². The summed E-state index contributed by atoms with van der Waals surface area (Å²) in [6.07, 6.45) is 2.04. The molecule has 6 nitrogen and oxygen atoms in total. The fourth-order valence-corrected chi connectivity index (χ4v) is 5.34. The van der Waals surface area contributed by atoms with Crippen molar-refractivity contribution in [2.24, 2.45) is 0 Å². The molecule has 134 valence electrons. The zero-order chi connectivity index (χ0) is 17.9. The third-order valence-electron chi connectivity index (χ3n) is 5.07. The number of ether oxygens (including phenoxy) is 2. The van der Waals surface area contributed by atoms with E-state index in [0.717, 1.165) is 18.4 Å². The molecule has 2 aliphatic heterocycles. The number of thioether (sulfide) groups is 1. The minimum absolute atomic E-state index is 0.0606. The van der Waals surface area contributed by atoms with Crippen molar-refractivity contribution < 1.29 is 19.1 Å². The van der Waals surface area contributed by atoms with Gasteiger partial charge in [-0.05, 0) is 32.8 Å². The fraction of sp³-hybridized carbons (Fsp3) is 0.556. The lowest BCUT2D eigenvalue weighted by molar-refractivity contribution is -0.126.